The van der Waals surface area contributed by atoms with Gasteiger partial charge in [0.1, 0.15) is 24.2 Å². The lowest BCUT2D eigenvalue weighted by Gasteiger charge is -2.40. The van der Waals surface area contributed by atoms with Gasteiger partial charge in [0.15, 0.2) is 0 Å². The molecule has 0 unspecified atom stereocenters. The second-order valence-electron chi connectivity index (χ2n) is 10.6. The molecule has 2 N–H and O–H groups in total. The Hall–Kier alpha value is -3.36. The summed E-state index contributed by atoms with van der Waals surface area (Å²) in [6.45, 7) is 8.72. The monoisotopic (exact) mass is 485 g/mol. The van der Waals surface area contributed by atoms with Crippen molar-refractivity contribution in [1.29, 1.82) is 0 Å². The van der Waals surface area contributed by atoms with Gasteiger partial charge in [0.2, 0.25) is 5.91 Å². The summed E-state index contributed by atoms with van der Waals surface area (Å²) >= 11 is 0. The quantitative estimate of drug-likeness (QED) is 0.550. The van der Waals surface area contributed by atoms with Crippen molar-refractivity contribution in [2.24, 2.45) is 0 Å². The molecule has 2 aliphatic heterocycles. The largest absolute Gasteiger partial charge is 0.491 e. The first-order chi connectivity index (χ1) is 17.4. The van der Waals surface area contributed by atoms with E-state index in [1.807, 2.05) is 31.2 Å². The third-order valence-corrected chi connectivity index (χ3v) is 8.10. The highest BCUT2D eigenvalue weighted by Gasteiger charge is 2.48. The molecule has 3 aromatic rings. The maximum absolute atomic E-state index is 12.9. The van der Waals surface area contributed by atoms with Gasteiger partial charge in [-0.3, -0.25) is 9.69 Å². The molecule has 8 heteroatoms. The van der Waals surface area contributed by atoms with Gasteiger partial charge in [0.25, 0.3) is 0 Å². The summed E-state index contributed by atoms with van der Waals surface area (Å²) in [5.74, 6) is 1.01. The third-order valence-electron chi connectivity index (χ3n) is 8.10. The predicted octanol–water partition coefficient (Wildman–Crippen LogP) is 3.66. The Balaban J connectivity index is 1.06. The van der Waals surface area contributed by atoms with Crippen molar-refractivity contribution in [3.05, 3.63) is 60.2 Å². The van der Waals surface area contributed by atoms with E-state index in [2.05, 4.69) is 37.8 Å². The summed E-state index contributed by atoms with van der Waals surface area (Å²) in [5.41, 5.74) is 4.46. The van der Waals surface area contributed by atoms with E-state index < -0.39 is 11.0 Å². The first-order valence-corrected chi connectivity index (χ1v) is 12.6. The molecule has 0 atom stereocenters. The number of nitrogens with one attached hydrogen (secondary N) is 1. The summed E-state index contributed by atoms with van der Waals surface area (Å²) in [6.07, 6.45) is 8.09. The number of ether oxygens (including phenoxy) is 1. The maximum Gasteiger partial charge on any atom is 0.235 e. The zero-order valence-electron chi connectivity index (χ0n) is 20.5. The van der Waals surface area contributed by atoms with Crippen LogP contribution in [0.2, 0.25) is 0 Å². The lowest BCUT2D eigenvalue weighted by molar-refractivity contribution is -0.122. The average molecular weight is 486 g/mol. The van der Waals surface area contributed by atoms with E-state index in [0.717, 1.165) is 66.0 Å². The Kier molecular flexibility index (Phi) is 5.53. The highest BCUT2D eigenvalue weighted by Crippen LogP contribution is 2.46. The van der Waals surface area contributed by atoms with Crippen molar-refractivity contribution in [2.45, 2.75) is 49.5 Å². The lowest BCUT2D eigenvalue weighted by Crippen LogP contribution is -2.47. The van der Waals surface area contributed by atoms with Crippen LogP contribution in [0.5, 0.6) is 5.75 Å². The molecule has 0 radical (unpaired) electrons. The van der Waals surface area contributed by atoms with E-state index in [1.54, 1.807) is 12.5 Å². The minimum atomic E-state index is -0.613. The number of amides is 1. The van der Waals surface area contributed by atoms with Gasteiger partial charge >= 0.3 is 0 Å². The number of carbonyl (C=O) groups is 1. The normalized spacial score (nSPS) is 24.8. The van der Waals surface area contributed by atoms with Crippen LogP contribution in [0, 0.1) is 0 Å². The molecule has 8 nitrogen and oxygen atoms in total. The molecule has 2 aromatic heterocycles. The van der Waals surface area contributed by atoms with Gasteiger partial charge in [-0.1, -0.05) is 18.7 Å². The van der Waals surface area contributed by atoms with Crippen LogP contribution in [0.4, 0.5) is 5.69 Å². The van der Waals surface area contributed by atoms with Crippen molar-refractivity contribution in [3.8, 4) is 5.75 Å². The molecule has 3 aliphatic rings. The number of aliphatic hydroxyl groups is 1. The Labute approximate surface area is 210 Å². The SMILES string of the molecule is C=Cc1ccc2c(c1)C1(CCN(CCOc3cnc4c(C5CC(C)(O)C5)ncnc4c3)CC1)C(=O)N2. The second kappa shape index (κ2) is 8.64. The number of pyridine rings is 1. The van der Waals surface area contributed by atoms with Crippen molar-refractivity contribution < 1.29 is 14.6 Å². The van der Waals surface area contributed by atoms with Crippen molar-refractivity contribution in [2.75, 3.05) is 31.6 Å². The molecule has 1 saturated carbocycles. The highest BCUT2D eigenvalue weighted by molar-refractivity contribution is 6.06. The molecule has 36 heavy (non-hydrogen) atoms. The number of benzene rings is 1. The number of fused-ring (bicyclic) bond motifs is 3. The van der Waals surface area contributed by atoms with Gasteiger partial charge in [-0.2, -0.15) is 0 Å². The molecule has 1 spiro atoms. The summed E-state index contributed by atoms with van der Waals surface area (Å²) in [7, 11) is 0. The Bertz CT molecular complexity index is 1340. The Morgan fingerprint density at radius 3 is 2.78 bits per heavy atom. The van der Waals surface area contributed by atoms with Gasteiger partial charge < -0.3 is 15.2 Å². The molecule has 1 aliphatic carbocycles. The van der Waals surface area contributed by atoms with E-state index in [1.165, 1.54) is 0 Å². The van der Waals surface area contributed by atoms with Crippen molar-refractivity contribution in [1.82, 2.24) is 19.9 Å². The van der Waals surface area contributed by atoms with Gasteiger partial charge in [-0.25, -0.2) is 15.0 Å². The number of nitrogens with zero attached hydrogens (tertiary/aromatic N) is 4. The van der Waals surface area contributed by atoms with Gasteiger partial charge in [-0.15, -0.1) is 0 Å². The van der Waals surface area contributed by atoms with Crippen LogP contribution < -0.4 is 10.1 Å². The van der Waals surface area contributed by atoms with Crippen LogP contribution in [-0.4, -0.2) is 62.7 Å². The average Bonchev–Trinajstić information content (AvgIpc) is 3.13. The van der Waals surface area contributed by atoms with Crippen LogP contribution in [-0.2, 0) is 10.2 Å². The maximum atomic E-state index is 12.9. The first-order valence-electron chi connectivity index (χ1n) is 12.6. The third kappa shape index (κ3) is 3.94. The molecule has 0 bridgehead atoms. The number of piperidine rings is 1. The Morgan fingerprint density at radius 1 is 1.22 bits per heavy atom. The number of rotatable bonds is 6. The van der Waals surface area contributed by atoms with E-state index in [9.17, 15) is 9.90 Å². The second-order valence-corrected chi connectivity index (χ2v) is 10.6. The molecule has 1 aromatic carbocycles. The number of hydrogen-bond acceptors (Lipinski definition) is 7. The molecular weight excluding hydrogens is 454 g/mol. The topological polar surface area (TPSA) is 100 Å². The molecule has 2 fully saturated rings. The minimum absolute atomic E-state index is 0.115. The number of hydrogen-bond donors (Lipinski definition) is 2. The summed E-state index contributed by atoms with van der Waals surface area (Å²) in [4.78, 5) is 28.7. The van der Waals surface area contributed by atoms with E-state index in [-0.39, 0.29) is 11.8 Å². The van der Waals surface area contributed by atoms with Gasteiger partial charge in [-0.05, 0) is 69.0 Å². The number of anilines is 1. The first kappa shape index (κ1) is 23.1. The van der Waals surface area contributed by atoms with Crippen molar-refractivity contribution >= 4 is 28.7 Å². The smallest absolute Gasteiger partial charge is 0.235 e. The molecule has 186 valence electrons. The summed E-state index contributed by atoms with van der Waals surface area (Å²) < 4.78 is 6.02. The van der Waals surface area contributed by atoms with Gasteiger partial charge in [0, 0.05) is 24.2 Å². The highest BCUT2D eigenvalue weighted by atomic mass is 16.5. The van der Waals surface area contributed by atoms with Crippen LogP contribution >= 0.6 is 0 Å². The molecule has 1 amide bonds. The molecule has 4 heterocycles. The van der Waals surface area contributed by atoms with E-state index in [0.29, 0.717) is 25.2 Å². The zero-order chi connectivity index (χ0) is 24.9. The lowest BCUT2D eigenvalue weighted by atomic mass is 9.70. The fraction of sp³-hybridized carbons (Fsp3) is 0.429. The van der Waals surface area contributed by atoms with E-state index >= 15 is 0 Å². The van der Waals surface area contributed by atoms with Crippen LogP contribution in [0.15, 0.2) is 43.4 Å². The summed E-state index contributed by atoms with van der Waals surface area (Å²) in [5, 5.41) is 13.2. The van der Waals surface area contributed by atoms with Gasteiger partial charge in [0.05, 0.1) is 28.4 Å². The fourth-order valence-electron chi connectivity index (χ4n) is 6.02. The number of likely N-dealkylation sites (tertiary alicyclic amines) is 1. The van der Waals surface area contributed by atoms with Crippen molar-refractivity contribution in [3.63, 3.8) is 0 Å². The minimum Gasteiger partial charge on any atom is -0.491 e. The fourth-order valence-corrected chi connectivity index (χ4v) is 6.02. The molecule has 1 saturated heterocycles. The number of carbonyl (C=O) groups excluding carboxylic acids is 1. The van der Waals surface area contributed by atoms with E-state index in [4.69, 9.17) is 4.74 Å². The standard InChI is InChI=1S/C28H31N5O3/c1-3-18-4-5-22-21(12-18)28(26(34)32-22)6-8-33(9-7-28)10-11-36-20-13-23-25(29-16-20)24(31-17-30-23)19-14-27(2,35)15-19/h3-5,12-13,16-17,19,35H,1,6-11,14-15H2,2H3,(H,32,34). The van der Waals surface area contributed by atoms with Crippen LogP contribution in [0.25, 0.3) is 17.1 Å². The molecule has 6 rings (SSSR count). The number of aromatic nitrogens is 3. The zero-order valence-corrected chi connectivity index (χ0v) is 20.5. The van der Waals surface area contributed by atoms with Crippen LogP contribution in [0.1, 0.15) is 55.3 Å². The summed E-state index contributed by atoms with van der Waals surface area (Å²) in [6, 6.07) is 7.99. The Morgan fingerprint density at radius 2 is 2.03 bits per heavy atom. The predicted molar refractivity (Wildman–Crippen MR) is 138 cm³/mol. The van der Waals surface area contributed by atoms with Crippen LogP contribution in [0.3, 0.4) is 0 Å². The molecular formula is C28H31N5O3.